The number of carbonyl (C=O) groups is 3. The average molecular weight is 342 g/mol. The first kappa shape index (κ1) is 16.4. The van der Waals surface area contributed by atoms with Crippen LogP contribution in [0.3, 0.4) is 0 Å². The fraction of sp³-hybridized carbons (Fsp3) is 0.357. The maximum Gasteiger partial charge on any atom is 0.326 e. The Balaban J connectivity index is 2.68. The van der Waals surface area contributed by atoms with E-state index >= 15 is 0 Å². The van der Waals surface area contributed by atoms with Crippen molar-refractivity contribution >= 4 is 33.6 Å². The Hall–Kier alpha value is -1.69. The zero-order valence-corrected chi connectivity index (χ0v) is 12.6. The second-order valence-electron chi connectivity index (χ2n) is 4.31. The van der Waals surface area contributed by atoms with E-state index in [2.05, 4.69) is 21.2 Å². The van der Waals surface area contributed by atoms with Crippen LogP contribution in [0.25, 0.3) is 0 Å². The van der Waals surface area contributed by atoms with Crippen LogP contribution < -0.4 is 5.32 Å². The largest absolute Gasteiger partial charge is 0.480 e. The monoisotopic (exact) mass is 341 g/mol. The first-order chi connectivity index (χ1) is 9.43. The number of amides is 1. The maximum absolute atomic E-state index is 11.9. The van der Waals surface area contributed by atoms with Crippen LogP contribution in [0.2, 0.25) is 0 Å². The molecule has 0 aromatic heterocycles. The molecule has 0 aliphatic heterocycles. The summed E-state index contributed by atoms with van der Waals surface area (Å²) >= 11 is 3.24. The molecule has 0 radical (unpaired) electrons. The number of rotatable bonds is 7. The summed E-state index contributed by atoms with van der Waals surface area (Å²) in [6, 6.07) is 5.60. The number of aliphatic carboxylic acids is 1. The minimum absolute atomic E-state index is 0.0204. The lowest BCUT2D eigenvalue weighted by Crippen LogP contribution is -2.41. The summed E-state index contributed by atoms with van der Waals surface area (Å²) in [6.07, 6.45) is 0.611. The zero-order chi connectivity index (χ0) is 15.1. The lowest BCUT2D eigenvalue weighted by atomic mass is 10.1. The van der Waals surface area contributed by atoms with Crippen molar-refractivity contribution in [2.45, 2.75) is 32.2 Å². The van der Waals surface area contributed by atoms with E-state index in [-0.39, 0.29) is 18.6 Å². The Kier molecular flexibility index (Phi) is 6.38. The van der Waals surface area contributed by atoms with E-state index in [1.165, 1.54) is 0 Å². The van der Waals surface area contributed by atoms with Crippen LogP contribution in [0.4, 0.5) is 0 Å². The van der Waals surface area contributed by atoms with Gasteiger partial charge in [-0.25, -0.2) is 4.79 Å². The van der Waals surface area contributed by atoms with Gasteiger partial charge in [-0.1, -0.05) is 28.9 Å². The summed E-state index contributed by atoms with van der Waals surface area (Å²) in [6.45, 7) is 1.72. The third-order valence-electron chi connectivity index (χ3n) is 2.80. The van der Waals surface area contributed by atoms with Gasteiger partial charge in [0.05, 0.1) is 0 Å². The van der Waals surface area contributed by atoms with Crippen molar-refractivity contribution in [3.8, 4) is 0 Å². The van der Waals surface area contributed by atoms with E-state index in [9.17, 15) is 14.4 Å². The normalized spacial score (nSPS) is 11.7. The Morgan fingerprint density at radius 3 is 2.60 bits per heavy atom. The summed E-state index contributed by atoms with van der Waals surface area (Å²) in [5.41, 5.74) is 0.368. The van der Waals surface area contributed by atoms with Gasteiger partial charge < -0.3 is 10.4 Å². The van der Waals surface area contributed by atoms with E-state index in [0.717, 1.165) is 4.47 Å². The number of benzene rings is 1. The quantitative estimate of drug-likeness (QED) is 0.797. The Labute approximate surface area is 125 Å². The molecule has 6 heteroatoms. The molecular formula is C14H16BrNO4. The molecule has 2 N–H and O–H groups in total. The molecule has 0 aliphatic carbocycles. The lowest BCUT2D eigenvalue weighted by molar-refractivity contribution is -0.139. The van der Waals surface area contributed by atoms with E-state index in [4.69, 9.17) is 5.11 Å². The number of carboxylic acids is 1. The second-order valence-corrected chi connectivity index (χ2v) is 5.22. The molecule has 1 rings (SSSR count). The minimum Gasteiger partial charge on any atom is -0.480 e. The Morgan fingerprint density at radius 1 is 1.35 bits per heavy atom. The van der Waals surface area contributed by atoms with Crippen molar-refractivity contribution < 1.29 is 19.5 Å². The van der Waals surface area contributed by atoms with Gasteiger partial charge in [0.15, 0.2) is 0 Å². The molecule has 0 unspecified atom stereocenters. The molecule has 108 valence electrons. The number of Topliss-reactive ketones (excluding diaryl/α,β-unsaturated/α-hetero) is 1. The van der Waals surface area contributed by atoms with Crippen molar-refractivity contribution in [3.63, 3.8) is 0 Å². The van der Waals surface area contributed by atoms with Gasteiger partial charge in [0.1, 0.15) is 11.8 Å². The molecule has 1 aromatic rings. The van der Waals surface area contributed by atoms with Crippen LogP contribution in [0.15, 0.2) is 28.7 Å². The van der Waals surface area contributed by atoms with Gasteiger partial charge in [-0.2, -0.15) is 0 Å². The Bertz CT molecular complexity index is 516. The molecule has 0 fully saturated rings. The van der Waals surface area contributed by atoms with Crippen molar-refractivity contribution in [2.75, 3.05) is 0 Å². The molecule has 0 saturated carbocycles. The van der Waals surface area contributed by atoms with Gasteiger partial charge in [0.25, 0.3) is 5.91 Å². The fourth-order valence-corrected chi connectivity index (χ4v) is 2.01. The number of ketones is 1. The summed E-state index contributed by atoms with van der Waals surface area (Å²) in [5.74, 6) is -1.63. The molecule has 0 bridgehead atoms. The molecule has 1 amide bonds. The topological polar surface area (TPSA) is 83.5 Å². The number of carbonyl (C=O) groups excluding carboxylic acids is 2. The molecule has 0 aliphatic rings. The van der Waals surface area contributed by atoms with Crippen molar-refractivity contribution in [1.29, 1.82) is 0 Å². The van der Waals surface area contributed by atoms with E-state index in [1.54, 1.807) is 31.2 Å². The van der Waals surface area contributed by atoms with Crippen molar-refractivity contribution in [3.05, 3.63) is 34.3 Å². The number of carboxylic acid groups (broad SMARTS) is 1. The van der Waals surface area contributed by atoms with Crippen LogP contribution in [0.5, 0.6) is 0 Å². The summed E-state index contributed by atoms with van der Waals surface area (Å²) < 4.78 is 0.734. The van der Waals surface area contributed by atoms with Crippen molar-refractivity contribution in [2.24, 2.45) is 0 Å². The summed E-state index contributed by atoms with van der Waals surface area (Å²) in [5, 5.41) is 11.5. The highest BCUT2D eigenvalue weighted by Gasteiger charge is 2.21. The standard InChI is InChI=1S/C14H16BrNO4/c1-2-11(17)6-7-12(14(19)20)16-13(18)9-4-3-5-10(15)8-9/h3-5,8,12H,2,6-7H2,1H3,(H,16,18)(H,19,20)/t12-/m1/s1. The third-order valence-corrected chi connectivity index (χ3v) is 3.29. The third kappa shape index (κ3) is 5.13. The fourth-order valence-electron chi connectivity index (χ4n) is 1.61. The van der Waals surface area contributed by atoms with Crippen LogP contribution in [-0.2, 0) is 9.59 Å². The highest BCUT2D eigenvalue weighted by atomic mass is 79.9. The van der Waals surface area contributed by atoms with Gasteiger partial charge in [0.2, 0.25) is 0 Å². The minimum atomic E-state index is -1.14. The van der Waals surface area contributed by atoms with Crippen LogP contribution in [-0.4, -0.2) is 28.8 Å². The van der Waals surface area contributed by atoms with Crippen LogP contribution in [0.1, 0.15) is 36.5 Å². The second kappa shape index (κ2) is 7.79. The van der Waals surface area contributed by atoms with Crippen molar-refractivity contribution in [1.82, 2.24) is 5.32 Å². The molecule has 0 saturated heterocycles. The predicted molar refractivity (Wildman–Crippen MR) is 77.6 cm³/mol. The molecule has 1 aromatic carbocycles. The molecule has 20 heavy (non-hydrogen) atoms. The average Bonchev–Trinajstić information content (AvgIpc) is 2.42. The van der Waals surface area contributed by atoms with Gasteiger partial charge in [0, 0.05) is 22.9 Å². The highest BCUT2D eigenvalue weighted by molar-refractivity contribution is 9.10. The molecule has 0 spiro atoms. The molecule has 5 nitrogen and oxygen atoms in total. The smallest absolute Gasteiger partial charge is 0.326 e. The number of halogens is 1. The molecular weight excluding hydrogens is 326 g/mol. The Morgan fingerprint density at radius 2 is 2.05 bits per heavy atom. The van der Waals surface area contributed by atoms with Gasteiger partial charge >= 0.3 is 5.97 Å². The first-order valence-corrected chi connectivity index (χ1v) is 7.04. The molecule has 0 heterocycles. The van der Waals surface area contributed by atoms with Crippen LogP contribution in [0, 0.1) is 0 Å². The number of hydrogen-bond donors (Lipinski definition) is 2. The van der Waals surface area contributed by atoms with Gasteiger partial charge in [-0.15, -0.1) is 0 Å². The van der Waals surface area contributed by atoms with E-state index < -0.39 is 17.9 Å². The van der Waals surface area contributed by atoms with E-state index in [0.29, 0.717) is 12.0 Å². The van der Waals surface area contributed by atoms with Gasteiger partial charge in [-0.05, 0) is 24.6 Å². The predicted octanol–water partition coefficient (Wildman–Crippen LogP) is 2.39. The highest BCUT2D eigenvalue weighted by Crippen LogP contribution is 2.12. The summed E-state index contributed by atoms with van der Waals surface area (Å²) in [7, 11) is 0. The first-order valence-electron chi connectivity index (χ1n) is 6.25. The number of hydrogen-bond acceptors (Lipinski definition) is 3. The van der Waals surface area contributed by atoms with E-state index in [1.807, 2.05) is 0 Å². The zero-order valence-electron chi connectivity index (χ0n) is 11.1. The lowest BCUT2D eigenvalue weighted by Gasteiger charge is -2.14. The summed E-state index contributed by atoms with van der Waals surface area (Å²) in [4.78, 5) is 34.3. The molecule has 1 atom stereocenters. The SMILES string of the molecule is CCC(=O)CC[C@@H](NC(=O)c1cccc(Br)c1)C(=O)O. The number of nitrogens with one attached hydrogen (secondary N) is 1. The van der Waals surface area contributed by atoms with Gasteiger partial charge in [-0.3, -0.25) is 9.59 Å². The maximum atomic E-state index is 11.9. The van der Waals surface area contributed by atoms with Crippen LogP contribution >= 0.6 is 15.9 Å².